The van der Waals surface area contributed by atoms with Crippen molar-refractivity contribution in [3.05, 3.63) is 65.5 Å². The van der Waals surface area contributed by atoms with E-state index < -0.39 is 28.5 Å². The van der Waals surface area contributed by atoms with Gasteiger partial charge >= 0.3 is 5.97 Å². The second-order valence-electron chi connectivity index (χ2n) is 6.97. The van der Waals surface area contributed by atoms with E-state index in [4.69, 9.17) is 4.74 Å². The van der Waals surface area contributed by atoms with Crippen molar-refractivity contribution >= 4 is 21.9 Å². The molecule has 1 heterocycles. The SMILES string of the molecule is O=C(COC(=O)c1cccc(S(=O)(=O)N2CCCCC2)c1)NCc1ccc(F)cc1. The van der Waals surface area contributed by atoms with E-state index in [1.54, 1.807) is 0 Å². The van der Waals surface area contributed by atoms with Crippen LogP contribution in [0.1, 0.15) is 35.2 Å². The molecule has 2 aromatic rings. The van der Waals surface area contributed by atoms with E-state index in [-0.39, 0.29) is 22.8 Å². The monoisotopic (exact) mass is 434 g/mol. The Morgan fingerprint density at radius 2 is 1.73 bits per heavy atom. The summed E-state index contributed by atoms with van der Waals surface area (Å²) < 4.78 is 44.8. The van der Waals surface area contributed by atoms with Gasteiger partial charge in [-0.1, -0.05) is 24.6 Å². The summed E-state index contributed by atoms with van der Waals surface area (Å²) in [6.45, 7) is 0.583. The number of hydrogen-bond acceptors (Lipinski definition) is 5. The highest BCUT2D eigenvalue weighted by Gasteiger charge is 2.26. The number of amides is 1. The number of sulfonamides is 1. The zero-order valence-corrected chi connectivity index (χ0v) is 17.2. The van der Waals surface area contributed by atoms with Crippen molar-refractivity contribution < 1.29 is 27.1 Å². The number of benzene rings is 2. The van der Waals surface area contributed by atoms with Gasteiger partial charge < -0.3 is 10.1 Å². The molecule has 7 nitrogen and oxygen atoms in total. The molecule has 0 spiro atoms. The molecule has 3 rings (SSSR count). The highest BCUT2D eigenvalue weighted by molar-refractivity contribution is 7.89. The molecule has 30 heavy (non-hydrogen) atoms. The van der Waals surface area contributed by atoms with Gasteiger partial charge in [0.15, 0.2) is 6.61 Å². The standard InChI is InChI=1S/C21H23FN2O5S/c22-18-9-7-16(8-10-18)14-23-20(25)15-29-21(26)17-5-4-6-19(13-17)30(27,28)24-11-2-1-3-12-24/h4-10,13H,1-3,11-12,14-15H2,(H,23,25). The van der Waals surface area contributed by atoms with Crippen LogP contribution in [0.4, 0.5) is 4.39 Å². The topological polar surface area (TPSA) is 92.8 Å². The summed E-state index contributed by atoms with van der Waals surface area (Å²) in [5.74, 6) is -1.68. The minimum atomic E-state index is -3.67. The van der Waals surface area contributed by atoms with Crippen molar-refractivity contribution in [1.29, 1.82) is 0 Å². The van der Waals surface area contributed by atoms with Crippen molar-refractivity contribution in [3.8, 4) is 0 Å². The van der Waals surface area contributed by atoms with E-state index in [1.165, 1.54) is 52.8 Å². The molecule has 1 amide bonds. The fourth-order valence-corrected chi connectivity index (χ4v) is 4.67. The quantitative estimate of drug-likeness (QED) is 0.676. The third kappa shape index (κ3) is 5.64. The fourth-order valence-electron chi connectivity index (χ4n) is 3.11. The first kappa shape index (κ1) is 21.9. The third-order valence-electron chi connectivity index (χ3n) is 4.76. The second kappa shape index (κ2) is 9.82. The predicted octanol–water partition coefficient (Wildman–Crippen LogP) is 2.47. The van der Waals surface area contributed by atoms with Crippen molar-refractivity contribution in [2.24, 2.45) is 0 Å². The minimum absolute atomic E-state index is 0.0274. The first-order valence-corrected chi connectivity index (χ1v) is 11.1. The van der Waals surface area contributed by atoms with Crippen molar-refractivity contribution in [2.75, 3.05) is 19.7 Å². The Labute approximate surface area is 174 Å². The van der Waals surface area contributed by atoms with Crippen LogP contribution in [-0.2, 0) is 26.1 Å². The average Bonchev–Trinajstić information content (AvgIpc) is 2.77. The molecule has 0 unspecified atom stereocenters. The van der Waals surface area contributed by atoms with Crippen LogP contribution < -0.4 is 5.32 Å². The Kier molecular flexibility index (Phi) is 7.17. The minimum Gasteiger partial charge on any atom is -0.452 e. The molecule has 0 aromatic heterocycles. The molecule has 0 bridgehead atoms. The van der Waals surface area contributed by atoms with Gasteiger partial charge in [0.1, 0.15) is 5.82 Å². The van der Waals surface area contributed by atoms with Crippen molar-refractivity contribution in [1.82, 2.24) is 9.62 Å². The Balaban J connectivity index is 1.55. The van der Waals surface area contributed by atoms with Crippen LogP contribution in [0.3, 0.4) is 0 Å². The number of carbonyl (C=O) groups excluding carboxylic acids is 2. The van der Waals surface area contributed by atoms with Gasteiger partial charge in [0.2, 0.25) is 10.0 Å². The number of esters is 1. The highest BCUT2D eigenvalue weighted by Crippen LogP contribution is 2.21. The Morgan fingerprint density at radius 1 is 1.03 bits per heavy atom. The predicted molar refractivity (Wildman–Crippen MR) is 108 cm³/mol. The molecule has 0 radical (unpaired) electrons. The lowest BCUT2D eigenvalue weighted by molar-refractivity contribution is -0.124. The molecular weight excluding hydrogens is 411 g/mol. The molecule has 0 aliphatic carbocycles. The lowest BCUT2D eigenvalue weighted by Crippen LogP contribution is -2.35. The van der Waals surface area contributed by atoms with Gasteiger partial charge in [0.25, 0.3) is 5.91 Å². The molecule has 2 aromatic carbocycles. The summed E-state index contributed by atoms with van der Waals surface area (Å²) in [7, 11) is -3.67. The molecule has 1 saturated heterocycles. The number of nitrogens with zero attached hydrogens (tertiary/aromatic N) is 1. The molecule has 9 heteroatoms. The van der Waals surface area contributed by atoms with E-state index in [2.05, 4.69) is 5.32 Å². The van der Waals surface area contributed by atoms with Crippen LogP contribution >= 0.6 is 0 Å². The summed E-state index contributed by atoms with van der Waals surface area (Å²) in [5, 5.41) is 2.56. The van der Waals surface area contributed by atoms with Crippen LogP contribution in [0.2, 0.25) is 0 Å². The van der Waals surface area contributed by atoms with E-state index in [0.717, 1.165) is 19.3 Å². The average molecular weight is 434 g/mol. The summed E-state index contributed by atoms with van der Waals surface area (Å²) in [4.78, 5) is 24.2. The lowest BCUT2D eigenvalue weighted by atomic mass is 10.2. The summed E-state index contributed by atoms with van der Waals surface area (Å²) in [6, 6.07) is 11.3. The first-order valence-electron chi connectivity index (χ1n) is 9.65. The molecule has 160 valence electrons. The van der Waals surface area contributed by atoms with Gasteiger partial charge in [0, 0.05) is 19.6 Å². The van der Waals surface area contributed by atoms with Gasteiger partial charge in [-0.3, -0.25) is 4.79 Å². The molecule has 0 atom stereocenters. The van der Waals surface area contributed by atoms with Crippen LogP contribution in [0.5, 0.6) is 0 Å². The molecule has 0 saturated carbocycles. The molecule has 1 aliphatic heterocycles. The zero-order chi connectivity index (χ0) is 21.6. The van der Waals surface area contributed by atoms with Gasteiger partial charge in [-0.25, -0.2) is 17.6 Å². The Bertz CT molecular complexity index is 1000. The second-order valence-corrected chi connectivity index (χ2v) is 8.91. The number of nitrogens with one attached hydrogen (secondary N) is 1. The largest absolute Gasteiger partial charge is 0.452 e. The van der Waals surface area contributed by atoms with Gasteiger partial charge in [-0.15, -0.1) is 0 Å². The maximum Gasteiger partial charge on any atom is 0.338 e. The fraction of sp³-hybridized carbons (Fsp3) is 0.333. The smallest absolute Gasteiger partial charge is 0.338 e. The van der Waals surface area contributed by atoms with Crippen LogP contribution in [-0.4, -0.2) is 44.3 Å². The van der Waals surface area contributed by atoms with Crippen LogP contribution in [0, 0.1) is 5.82 Å². The molecule has 1 fully saturated rings. The summed E-state index contributed by atoms with van der Waals surface area (Å²) >= 11 is 0. The highest BCUT2D eigenvalue weighted by atomic mass is 32.2. The van der Waals surface area contributed by atoms with E-state index >= 15 is 0 Å². The third-order valence-corrected chi connectivity index (χ3v) is 6.65. The normalized spacial score (nSPS) is 14.8. The number of ether oxygens (including phenoxy) is 1. The van der Waals surface area contributed by atoms with E-state index in [9.17, 15) is 22.4 Å². The van der Waals surface area contributed by atoms with Gasteiger partial charge in [-0.2, -0.15) is 4.31 Å². The van der Waals surface area contributed by atoms with E-state index in [0.29, 0.717) is 18.7 Å². The van der Waals surface area contributed by atoms with Crippen LogP contribution in [0.25, 0.3) is 0 Å². The summed E-state index contributed by atoms with van der Waals surface area (Å²) in [5.41, 5.74) is 0.756. The zero-order valence-electron chi connectivity index (χ0n) is 16.3. The van der Waals surface area contributed by atoms with Crippen molar-refractivity contribution in [3.63, 3.8) is 0 Å². The Morgan fingerprint density at radius 3 is 2.43 bits per heavy atom. The molecule has 1 aliphatic rings. The van der Waals surface area contributed by atoms with Gasteiger partial charge in [-0.05, 0) is 48.7 Å². The number of hydrogen-bond donors (Lipinski definition) is 1. The first-order chi connectivity index (χ1) is 14.4. The molecular formula is C21H23FN2O5S. The number of piperidine rings is 1. The maximum absolute atomic E-state index is 12.9. The van der Waals surface area contributed by atoms with E-state index in [1.807, 2.05) is 0 Å². The number of carbonyl (C=O) groups is 2. The van der Waals surface area contributed by atoms with Crippen molar-refractivity contribution in [2.45, 2.75) is 30.7 Å². The summed E-state index contributed by atoms with van der Waals surface area (Å²) in [6.07, 6.45) is 2.63. The maximum atomic E-state index is 12.9. The van der Waals surface area contributed by atoms with Gasteiger partial charge in [0.05, 0.1) is 10.5 Å². The lowest BCUT2D eigenvalue weighted by Gasteiger charge is -2.25. The number of rotatable bonds is 7. The number of halogens is 1. The molecule has 1 N–H and O–H groups in total. The van der Waals surface area contributed by atoms with Crippen LogP contribution in [0.15, 0.2) is 53.4 Å². The Hall–Kier alpha value is -2.78.